The second-order valence-electron chi connectivity index (χ2n) is 5.62. The molecule has 20 heavy (non-hydrogen) atoms. The summed E-state index contributed by atoms with van der Waals surface area (Å²) < 4.78 is 26.9. The first-order chi connectivity index (χ1) is 9.65. The summed E-state index contributed by atoms with van der Waals surface area (Å²) in [5.74, 6) is -1.61. The van der Waals surface area contributed by atoms with Crippen molar-refractivity contribution in [2.45, 2.75) is 44.3 Å². The SMILES string of the molecule is O=C(NC1CC1)[C@@H]1CCCN1Cc1cccc(F)c1F. The standard InChI is InChI=1S/C15H18F2N2O/c16-12-4-1-3-10(14(12)17)9-19-8-2-5-13(19)15(20)18-11-6-7-11/h1,3-4,11,13H,2,5-9H2,(H,18,20)/t13-/m0/s1. The van der Waals surface area contributed by atoms with Gasteiger partial charge in [-0.05, 0) is 38.3 Å². The second kappa shape index (κ2) is 5.48. The molecule has 1 saturated heterocycles. The molecule has 0 bridgehead atoms. The van der Waals surface area contributed by atoms with Gasteiger partial charge in [0, 0.05) is 18.2 Å². The van der Waals surface area contributed by atoms with Gasteiger partial charge in [-0.1, -0.05) is 12.1 Å². The summed E-state index contributed by atoms with van der Waals surface area (Å²) in [6, 6.07) is 4.31. The lowest BCUT2D eigenvalue weighted by Gasteiger charge is -2.24. The number of hydrogen-bond acceptors (Lipinski definition) is 2. The van der Waals surface area contributed by atoms with E-state index in [1.807, 2.05) is 4.90 Å². The lowest BCUT2D eigenvalue weighted by Crippen LogP contribution is -2.43. The van der Waals surface area contributed by atoms with Crippen molar-refractivity contribution < 1.29 is 13.6 Å². The Labute approximate surface area is 117 Å². The van der Waals surface area contributed by atoms with Gasteiger partial charge in [0.1, 0.15) is 0 Å². The molecule has 2 fully saturated rings. The lowest BCUT2D eigenvalue weighted by atomic mass is 10.1. The average Bonchev–Trinajstić information content (AvgIpc) is 3.11. The first-order valence-corrected chi connectivity index (χ1v) is 7.12. The Balaban J connectivity index is 1.68. The molecule has 0 radical (unpaired) electrons. The first-order valence-electron chi connectivity index (χ1n) is 7.12. The van der Waals surface area contributed by atoms with Crippen LogP contribution in [0.3, 0.4) is 0 Å². The molecule has 1 aliphatic carbocycles. The van der Waals surface area contributed by atoms with Crippen LogP contribution in [0.2, 0.25) is 0 Å². The minimum Gasteiger partial charge on any atom is -0.352 e. The molecular weight excluding hydrogens is 262 g/mol. The van der Waals surface area contributed by atoms with E-state index in [9.17, 15) is 13.6 Å². The van der Waals surface area contributed by atoms with Crippen LogP contribution < -0.4 is 5.32 Å². The van der Waals surface area contributed by atoms with E-state index in [-0.39, 0.29) is 18.5 Å². The zero-order valence-corrected chi connectivity index (χ0v) is 11.2. The van der Waals surface area contributed by atoms with Crippen LogP contribution in [-0.2, 0) is 11.3 Å². The molecular formula is C15H18F2N2O. The monoisotopic (exact) mass is 280 g/mol. The van der Waals surface area contributed by atoms with Gasteiger partial charge in [0.25, 0.3) is 0 Å². The third-order valence-electron chi connectivity index (χ3n) is 4.00. The van der Waals surface area contributed by atoms with Gasteiger partial charge in [-0.25, -0.2) is 8.78 Å². The predicted molar refractivity (Wildman–Crippen MR) is 71.0 cm³/mol. The minimum absolute atomic E-state index is 0.0295. The molecule has 1 saturated carbocycles. The fraction of sp³-hybridized carbons (Fsp3) is 0.533. The molecule has 0 aromatic heterocycles. The van der Waals surface area contributed by atoms with E-state index in [2.05, 4.69) is 5.32 Å². The molecule has 5 heteroatoms. The van der Waals surface area contributed by atoms with Gasteiger partial charge >= 0.3 is 0 Å². The van der Waals surface area contributed by atoms with Crippen LogP contribution in [0.5, 0.6) is 0 Å². The second-order valence-corrected chi connectivity index (χ2v) is 5.62. The normalized spacial score (nSPS) is 23.0. The van der Waals surface area contributed by atoms with Crippen LogP contribution in [0.1, 0.15) is 31.2 Å². The molecule has 0 spiro atoms. The molecule has 3 rings (SSSR count). The molecule has 0 unspecified atom stereocenters. The number of benzene rings is 1. The Kier molecular flexibility index (Phi) is 3.70. The zero-order chi connectivity index (χ0) is 14.1. The third kappa shape index (κ3) is 2.82. The van der Waals surface area contributed by atoms with E-state index >= 15 is 0 Å². The maximum absolute atomic E-state index is 13.7. The Morgan fingerprint density at radius 1 is 1.30 bits per heavy atom. The molecule has 2 aliphatic rings. The molecule has 1 heterocycles. The maximum atomic E-state index is 13.7. The highest BCUT2D eigenvalue weighted by molar-refractivity contribution is 5.82. The number of nitrogens with one attached hydrogen (secondary N) is 1. The number of rotatable bonds is 4. The molecule has 1 aromatic carbocycles. The van der Waals surface area contributed by atoms with Crippen molar-refractivity contribution in [3.05, 3.63) is 35.4 Å². The van der Waals surface area contributed by atoms with Crippen molar-refractivity contribution in [3.63, 3.8) is 0 Å². The van der Waals surface area contributed by atoms with Crippen molar-refractivity contribution in [1.29, 1.82) is 0 Å². The van der Waals surface area contributed by atoms with Gasteiger partial charge in [-0.2, -0.15) is 0 Å². The number of nitrogens with zero attached hydrogens (tertiary/aromatic N) is 1. The van der Waals surface area contributed by atoms with Crippen LogP contribution >= 0.6 is 0 Å². The maximum Gasteiger partial charge on any atom is 0.237 e. The number of hydrogen-bond donors (Lipinski definition) is 1. The Hall–Kier alpha value is -1.49. The Bertz CT molecular complexity index is 517. The number of likely N-dealkylation sites (tertiary alicyclic amines) is 1. The topological polar surface area (TPSA) is 32.3 Å². The van der Waals surface area contributed by atoms with E-state index in [1.54, 1.807) is 6.07 Å². The molecule has 1 aliphatic heterocycles. The van der Waals surface area contributed by atoms with Crippen molar-refractivity contribution in [2.75, 3.05) is 6.54 Å². The van der Waals surface area contributed by atoms with Crippen molar-refractivity contribution >= 4 is 5.91 Å². The van der Waals surface area contributed by atoms with Gasteiger partial charge < -0.3 is 5.32 Å². The van der Waals surface area contributed by atoms with Crippen molar-refractivity contribution in [2.24, 2.45) is 0 Å². The van der Waals surface area contributed by atoms with E-state index in [0.717, 1.165) is 38.3 Å². The Morgan fingerprint density at radius 2 is 2.10 bits per heavy atom. The molecule has 3 nitrogen and oxygen atoms in total. The number of amides is 1. The summed E-state index contributed by atoms with van der Waals surface area (Å²) in [4.78, 5) is 14.1. The van der Waals surface area contributed by atoms with Gasteiger partial charge in [0.05, 0.1) is 6.04 Å². The highest BCUT2D eigenvalue weighted by Gasteiger charge is 2.34. The first kappa shape index (κ1) is 13.5. The molecule has 1 aromatic rings. The summed E-state index contributed by atoms with van der Waals surface area (Å²) in [6.07, 6.45) is 3.81. The smallest absolute Gasteiger partial charge is 0.237 e. The van der Waals surface area contributed by atoms with Crippen LogP contribution in [0.4, 0.5) is 8.78 Å². The summed E-state index contributed by atoms with van der Waals surface area (Å²) >= 11 is 0. The summed E-state index contributed by atoms with van der Waals surface area (Å²) in [5.41, 5.74) is 0.316. The highest BCUT2D eigenvalue weighted by Crippen LogP contribution is 2.24. The minimum atomic E-state index is -0.833. The quantitative estimate of drug-likeness (QED) is 0.917. The molecule has 108 valence electrons. The van der Waals surface area contributed by atoms with Crippen molar-refractivity contribution in [1.82, 2.24) is 10.2 Å². The Morgan fingerprint density at radius 3 is 2.85 bits per heavy atom. The summed E-state index contributed by atoms with van der Waals surface area (Å²) in [5, 5.41) is 2.99. The van der Waals surface area contributed by atoms with Gasteiger partial charge in [-0.15, -0.1) is 0 Å². The zero-order valence-electron chi connectivity index (χ0n) is 11.2. The number of carbonyl (C=O) groups is 1. The fourth-order valence-electron chi connectivity index (χ4n) is 2.73. The lowest BCUT2D eigenvalue weighted by molar-refractivity contribution is -0.125. The van der Waals surface area contributed by atoms with Crippen molar-refractivity contribution in [3.8, 4) is 0 Å². The van der Waals surface area contributed by atoms with E-state index in [1.165, 1.54) is 6.07 Å². The van der Waals surface area contributed by atoms with Gasteiger partial charge in [-0.3, -0.25) is 9.69 Å². The summed E-state index contributed by atoms with van der Waals surface area (Å²) in [6.45, 7) is 1.03. The van der Waals surface area contributed by atoms with Crippen LogP contribution in [-0.4, -0.2) is 29.4 Å². The van der Waals surface area contributed by atoms with Crippen LogP contribution in [0.25, 0.3) is 0 Å². The van der Waals surface area contributed by atoms with Crippen LogP contribution in [0, 0.1) is 11.6 Å². The fourth-order valence-corrected chi connectivity index (χ4v) is 2.73. The largest absolute Gasteiger partial charge is 0.352 e. The highest BCUT2D eigenvalue weighted by atomic mass is 19.2. The van der Waals surface area contributed by atoms with E-state index in [0.29, 0.717) is 11.6 Å². The van der Waals surface area contributed by atoms with E-state index < -0.39 is 11.6 Å². The van der Waals surface area contributed by atoms with Crippen LogP contribution in [0.15, 0.2) is 18.2 Å². The molecule has 1 atom stereocenters. The van der Waals surface area contributed by atoms with Gasteiger partial charge in [0.15, 0.2) is 11.6 Å². The molecule has 1 amide bonds. The van der Waals surface area contributed by atoms with E-state index in [4.69, 9.17) is 0 Å². The predicted octanol–water partition coefficient (Wildman–Crippen LogP) is 2.21. The molecule has 1 N–H and O–H groups in total. The van der Waals surface area contributed by atoms with Gasteiger partial charge in [0.2, 0.25) is 5.91 Å². The number of carbonyl (C=O) groups excluding carboxylic acids is 1. The average molecular weight is 280 g/mol. The summed E-state index contributed by atoms with van der Waals surface area (Å²) in [7, 11) is 0. The number of halogens is 2. The third-order valence-corrected chi connectivity index (χ3v) is 4.00.